The lowest BCUT2D eigenvalue weighted by atomic mass is 10.1. The molecule has 0 aliphatic heterocycles. The summed E-state index contributed by atoms with van der Waals surface area (Å²) in [7, 11) is 0. The highest BCUT2D eigenvalue weighted by Gasteiger charge is 2.14. The van der Waals surface area contributed by atoms with E-state index >= 15 is 0 Å². The maximum absolute atomic E-state index is 11.9. The van der Waals surface area contributed by atoms with Crippen LogP contribution in [0.2, 0.25) is 0 Å². The predicted octanol–water partition coefficient (Wildman–Crippen LogP) is 1.26. The van der Waals surface area contributed by atoms with Crippen molar-refractivity contribution in [3.05, 3.63) is 12.7 Å². The fraction of sp³-hybridized carbons (Fsp3) is 0.750. The highest BCUT2D eigenvalue weighted by molar-refractivity contribution is 5.77. The van der Waals surface area contributed by atoms with E-state index in [1.807, 2.05) is 0 Å². The Bertz CT molecular complexity index is 326. The van der Waals surface area contributed by atoms with Crippen LogP contribution >= 0.6 is 0 Å². The van der Waals surface area contributed by atoms with Crippen molar-refractivity contribution in [2.45, 2.75) is 51.6 Å². The van der Waals surface area contributed by atoms with Gasteiger partial charge in [-0.05, 0) is 19.3 Å². The summed E-state index contributed by atoms with van der Waals surface area (Å²) in [5.41, 5.74) is 0. The van der Waals surface area contributed by atoms with Gasteiger partial charge in [-0.1, -0.05) is 26.0 Å². The first-order valence-electron chi connectivity index (χ1n) is 7.90. The molecule has 128 valence electrons. The largest absolute Gasteiger partial charge is 0.458 e. The monoisotopic (exact) mass is 315 g/mol. The zero-order valence-corrected chi connectivity index (χ0v) is 13.5. The molecule has 2 N–H and O–H groups in total. The first-order chi connectivity index (χ1) is 10.6. The Kier molecular flexibility index (Phi) is 12.4. The Morgan fingerprint density at radius 1 is 1.18 bits per heavy atom. The van der Waals surface area contributed by atoms with Crippen molar-refractivity contribution >= 4 is 11.9 Å². The number of hydrogen-bond acceptors (Lipinski definition) is 5. The van der Waals surface area contributed by atoms with Crippen LogP contribution in [0.25, 0.3) is 0 Å². The molecule has 0 heterocycles. The van der Waals surface area contributed by atoms with E-state index in [1.165, 1.54) is 4.90 Å². The first kappa shape index (κ1) is 20.6. The van der Waals surface area contributed by atoms with Crippen LogP contribution in [0.15, 0.2) is 12.7 Å². The highest BCUT2D eigenvalue weighted by Crippen LogP contribution is 2.09. The summed E-state index contributed by atoms with van der Waals surface area (Å²) in [5.74, 6) is -0.508. The van der Waals surface area contributed by atoms with Crippen LogP contribution in [-0.2, 0) is 14.3 Å². The molecule has 1 amide bonds. The lowest BCUT2D eigenvalue weighted by molar-refractivity contribution is -0.147. The van der Waals surface area contributed by atoms with Gasteiger partial charge in [-0.3, -0.25) is 9.59 Å². The molecule has 0 aliphatic rings. The van der Waals surface area contributed by atoms with E-state index in [9.17, 15) is 9.59 Å². The van der Waals surface area contributed by atoms with E-state index in [1.54, 1.807) is 6.08 Å². The van der Waals surface area contributed by atoms with Crippen LogP contribution in [0.4, 0.5) is 0 Å². The highest BCUT2D eigenvalue weighted by atomic mass is 16.5. The third kappa shape index (κ3) is 9.52. The summed E-state index contributed by atoms with van der Waals surface area (Å²) < 4.78 is 5.28. The molecule has 0 aliphatic carbocycles. The molecule has 0 radical (unpaired) electrons. The minimum Gasteiger partial charge on any atom is -0.458 e. The van der Waals surface area contributed by atoms with Gasteiger partial charge in [-0.15, -0.1) is 0 Å². The molecular weight excluding hydrogens is 286 g/mol. The zero-order chi connectivity index (χ0) is 16.8. The van der Waals surface area contributed by atoms with Gasteiger partial charge in [0.2, 0.25) is 5.91 Å². The van der Waals surface area contributed by atoms with Crippen LogP contribution in [0.3, 0.4) is 0 Å². The third-order valence-corrected chi connectivity index (χ3v) is 3.25. The maximum atomic E-state index is 11.9. The van der Waals surface area contributed by atoms with Crippen molar-refractivity contribution in [1.29, 1.82) is 0 Å². The fourth-order valence-corrected chi connectivity index (χ4v) is 2.00. The Labute approximate surface area is 132 Å². The quantitative estimate of drug-likeness (QED) is 0.395. The fourth-order valence-electron chi connectivity index (χ4n) is 2.00. The average Bonchev–Trinajstić information content (AvgIpc) is 2.51. The number of hydrogen-bond donors (Lipinski definition) is 2. The van der Waals surface area contributed by atoms with Gasteiger partial charge in [0.1, 0.15) is 6.10 Å². The summed E-state index contributed by atoms with van der Waals surface area (Å²) in [6, 6.07) is 0. The van der Waals surface area contributed by atoms with E-state index in [0.29, 0.717) is 6.42 Å². The van der Waals surface area contributed by atoms with Crippen LogP contribution < -0.4 is 0 Å². The summed E-state index contributed by atoms with van der Waals surface area (Å²) >= 11 is 0. The Balaban J connectivity index is 4.03. The molecule has 6 heteroatoms. The Hall–Kier alpha value is -1.40. The third-order valence-electron chi connectivity index (χ3n) is 3.25. The number of ether oxygens (including phenoxy) is 1. The number of carbonyl (C=O) groups excluding carboxylic acids is 2. The molecule has 0 aromatic heterocycles. The number of aliphatic hydroxyl groups excluding tert-OH is 2. The zero-order valence-electron chi connectivity index (χ0n) is 13.5. The van der Waals surface area contributed by atoms with Gasteiger partial charge < -0.3 is 19.8 Å². The van der Waals surface area contributed by atoms with Crippen molar-refractivity contribution in [1.82, 2.24) is 4.90 Å². The lowest BCUT2D eigenvalue weighted by Crippen LogP contribution is -2.35. The average molecular weight is 315 g/mol. The summed E-state index contributed by atoms with van der Waals surface area (Å²) in [4.78, 5) is 25.0. The van der Waals surface area contributed by atoms with E-state index in [0.717, 1.165) is 19.3 Å². The summed E-state index contributed by atoms with van der Waals surface area (Å²) in [6.07, 6.45) is 4.90. The Morgan fingerprint density at radius 2 is 1.82 bits per heavy atom. The molecule has 6 nitrogen and oxygen atoms in total. The molecule has 0 bridgehead atoms. The van der Waals surface area contributed by atoms with Gasteiger partial charge in [0, 0.05) is 25.9 Å². The van der Waals surface area contributed by atoms with E-state index in [-0.39, 0.29) is 57.1 Å². The van der Waals surface area contributed by atoms with Gasteiger partial charge in [-0.25, -0.2) is 0 Å². The lowest BCUT2D eigenvalue weighted by Gasteiger charge is -2.20. The van der Waals surface area contributed by atoms with Gasteiger partial charge in [-0.2, -0.15) is 0 Å². The normalized spacial score (nSPS) is 11.8. The van der Waals surface area contributed by atoms with Crippen molar-refractivity contribution in [2.75, 3.05) is 26.3 Å². The first-order valence-corrected chi connectivity index (χ1v) is 7.90. The van der Waals surface area contributed by atoms with E-state index < -0.39 is 0 Å². The number of aliphatic hydroxyl groups is 2. The van der Waals surface area contributed by atoms with Crippen molar-refractivity contribution in [3.8, 4) is 0 Å². The Morgan fingerprint density at radius 3 is 2.32 bits per heavy atom. The van der Waals surface area contributed by atoms with E-state index in [4.69, 9.17) is 14.9 Å². The molecule has 0 rings (SSSR count). The number of amides is 1. The molecular formula is C16H29NO5. The summed E-state index contributed by atoms with van der Waals surface area (Å²) in [5, 5.41) is 17.7. The maximum Gasteiger partial charge on any atom is 0.306 e. The second-order valence-corrected chi connectivity index (χ2v) is 5.09. The molecule has 0 saturated carbocycles. The standard InChI is InChI=1S/C16H29NO5/c1-3-5-7-14(4-2)22-16(21)9-6-8-15(20)17(10-12-18)11-13-19/h4,14,18-19H,2-3,5-13H2,1H3. The van der Waals surface area contributed by atoms with Crippen LogP contribution in [0, 0.1) is 0 Å². The van der Waals surface area contributed by atoms with Crippen molar-refractivity contribution in [2.24, 2.45) is 0 Å². The topological polar surface area (TPSA) is 87.1 Å². The molecule has 0 aromatic carbocycles. The van der Waals surface area contributed by atoms with Gasteiger partial charge in [0.25, 0.3) is 0 Å². The second kappa shape index (κ2) is 13.3. The van der Waals surface area contributed by atoms with Gasteiger partial charge in [0.15, 0.2) is 0 Å². The smallest absolute Gasteiger partial charge is 0.306 e. The van der Waals surface area contributed by atoms with Gasteiger partial charge >= 0.3 is 5.97 Å². The molecule has 0 spiro atoms. The summed E-state index contributed by atoms with van der Waals surface area (Å²) in [6.45, 7) is 5.82. The molecule has 0 aromatic rings. The molecule has 1 atom stereocenters. The number of rotatable bonds is 13. The SMILES string of the molecule is C=CC(CCCC)OC(=O)CCCC(=O)N(CCO)CCO. The van der Waals surface area contributed by atoms with Crippen molar-refractivity contribution < 1.29 is 24.5 Å². The molecule has 22 heavy (non-hydrogen) atoms. The van der Waals surface area contributed by atoms with Crippen molar-refractivity contribution in [3.63, 3.8) is 0 Å². The van der Waals surface area contributed by atoms with E-state index in [2.05, 4.69) is 13.5 Å². The number of unbranched alkanes of at least 4 members (excludes halogenated alkanes) is 1. The molecule has 0 saturated heterocycles. The van der Waals surface area contributed by atoms with Gasteiger partial charge in [0.05, 0.1) is 13.2 Å². The number of esters is 1. The minimum atomic E-state index is -0.329. The van der Waals surface area contributed by atoms with Crippen LogP contribution in [0.1, 0.15) is 45.4 Å². The van der Waals surface area contributed by atoms with Crippen LogP contribution in [-0.4, -0.2) is 59.4 Å². The predicted molar refractivity (Wildman–Crippen MR) is 84.2 cm³/mol. The number of nitrogens with zero attached hydrogens (tertiary/aromatic N) is 1. The van der Waals surface area contributed by atoms with Crippen LogP contribution in [0.5, 0.6) is 0 Å². The number of carbonyl (C=O) groups is 2. The minimum absolute atomic E-state index is 0.147. The second-order valence-electron chi connectivity index (χ2n) is 5.09. The molecule has 0 fully saturated rings. The molecule has 1 unspecified atom stereocenters.